The summed E-state index contributed by atoms with van der Waals surface area (Å²) in [5.41, 5.74) is 8.34. The summed E-state index contributed by atoms with van der Waals surface area (Å²) >= 11 is 0. The normalized spacial score (nSPS) is 16.7. The first-order valence-corrected chi connectivity index (χ1v) is 6.71. The third-order valence-electron chi connectivity index (χ3n) is 3.29. The average molecular weight is 374 g/mol. The summed E-state index contributed by atoms with van der Waals surface area (Å²) < 4.78 is 0. The number of nitrogens with zero attached hydrogens (tertiary/aromatic N) is 3. The maximum absolute atomic E-state index is 6.06. The van der Waals surface area contributed by atoms with Gasteiger partial charge in [0.05, 0.1) is 6.54 Å². The molecule has 0 atom stereocenters. The van der Waals surface area contributed by atoms with Crippen LogP contribution in [0.1, 0.15) is 36.8 Å². The number of aliphatic imine (C=N–C) groups is 1. The minimum Gasteiger partial charge on any atom is -0.370 e. The van der Waals surface area contributed by atoms with E-state index in [9.17, 15) is 0 Å². The zero-order valence-corrected chi connectivity index (χ0v) is 13.8. The summed E-state index contributed by atoms with van der Waals surface area (Å²) in [4.78, 5) is 10.9. The van der Waals surface area contributed by atoms with Gasteiger partial charge < -0.3 is 10.6 Å². The molecule has 0 amide bonds. The molecular weight excluding hydrogens is 351 g/mol. The Hall–Kier alpha value is -0.850. The van der Waals surface area contributed by atoms with E-state index in [0.29, 0.717) is 12.5 Å². The van der Waals surface area contributed by atoms with Gasteiger partial charge in [-0.15, -0.1) is 24.0 Å². The van der Waals surface area contributed by atoms with Gasteiger partial charge in [-0.25, -0.2) is 4.99 Å². The fourth-order valence-corrected chi connectivity index (χ4v) is 2.28. The van der Waals surface area contributed by atoms with Crippen molar-refractivity contribution in [1.82, 2.24) is 9.88 Å². The molecule has 1 saturated heterocycles. The number of rotatable bonds is 2. The largest absolute Gasteiger partial charge is 0.370 e. The third-order valence-corrected chi connectivity index (χ3v) is 3.29. The van der Waals surface area contributed by atoms with Crippen molar-refractivity contribution < 1.29 is 0 Å². The smallest absolute Gasteiger partial charge is 0.191 e. The average Bonchev–Trinajstić information content (AvgIpc) is 2.65. The van der Waals surface area contributed by atoms with Crippen molar-refractivity contribution in [1.29, 1.82) is 0 Å². The fraction of sp³-hybridized carbons (Fsp3) is 0.571. The molecule has 1 fully saturated rings. The monoisotopic (exact) mass is 374 g/mol. The van der Waals surface area contributed by atoms with Gasteiger partial charge in [0.2, 0.25) is 0 Å². The number of likely N-dealkylation sites (tertiary alicyclic amines) is 1. The predicted molar refractivity (Wildman–Crippen MR) is 89.8 cm³/mol. The lowest BCUT2D eigenvalue weighted by Crippen LogP contribution is -2.38. The van der Waals surface area contributed by atoms with Crippen LogP contribution in [0.5, 0.6) is 0 Å². The van der Waals surface area contributed by atoms with E-state index in [1.165, 1.54) is 25.7 Å². The summed E-state index contributed by atoms with van der Waals surface area (Å²) in [6.45, 7) is 4.75. The highest BCUT2D eigenvalue weighted by atomic mass is 127. The third kappa shape index (κ3) is 5.34. The molecule has 1 aliphatic heterocycles. The van der Waals surface area contributed by atoms with Crippen LogP contribution >= 0.6 is 24.0 Å². The number of guanidine groups is 1. The molecule has 1 aromatic rings. The second kappa shape index (κ2) is 8.35. The van der Waals surface area contributed by atoms with Gasteiger partial charge in [0.15, 0.2) is 5.96 Å². The first-order chi connectivity index (χ1) is 8.75. The first-order valence-electron chi connectivity index (χ1n) is 6.71. The van der Waals surface area contributed by atoms with E-state index in [-0.39, 0.29) is 24.0 Å². The highest BCUT2D eigenvalue weighted by Gasteiger charge is 2.10. The molecule has 0 spiro atoms. The number of aromatic nitrogens is 1. The molecular formula is C14H23IN4. The Morgan fingerprint density at radius 2 is 1.95 bits per heavy atom. The van der Waals surface area contributed by atoms with Crippen LogP contribution in [0.25, 0.3) is 0 Å². The number of nitrogens with two attached hydrogens (primary N) is 1. The molecule has 2 heterocycles. The number of pyridine rings is 1. The molecule has 2 rings (SSSR count). The fourth-order valence-electron chi connectivity index (χ4n) is 2.28. The Labute approximate surface area is 132 Å². The SMILES string of the molecule is Cc1cncc(CN=C(N)N2CCCCCC2)c1.I. The summed E-state index contributed by atoms with van der Waals surface area (Å²) in [5.74, 6) is 0.679. The van der Waals surface area contributed by atoms with Crippen LogP contribution in [-0.4, -0.2) is 28.9 Å². The topological polar surface area (TPSA) is 54.5 Å². The van der Waals surface area contributed by atoms with Crippen molar-refractivity contribution in [3.05, 3.63) is 29.6 Å². The van der Waals surface area contributed by atoms with Crippen molar-refractivity contribution in [3.63, 3.8) is 0 Å². The van der Waals surface area contributed by atoms with Crippen molar-refractivity contribution in [3.8, 4) is 0 Å². The summed E-state index contributed by atoms with van der Waals surface area (Å²) in [5, 5.41) is 0. The maximum Gasteiger partial charge on any atom is 0.191 e. The molecule has 0 aromatic carbocycles. The molecule has 1 aromatic heterocycles. The highest BCUT2D eigenvalue weighted by molar-refractivity contribution is 14.0. The van der Waals surface area contributed by atoms with Gasteiger partial charge in [0.25, 0.3) is 0 Å². The molecule has 5 heteroatoms. The Morgan fingerprint density at radius 3 is 2.58 bits per heavy atom. The van der Waals surface area contributed by atoms with E-state index in [0.717, 1.165) is 24.2 Å². The predicted octanol–water partition coefficient (Wildman–Crippen LogP) is 2.70. The van der Waals surface area contributed by atoms with Crippen molar-refractivity contribution >= 4 is 29.9 Å². The highest BCUT2D eigenvalue weighted by Crippen LogP contribution is 2.09. The second-order valence-electron chi connectivity index (χ2n) is 4.95. The van der Waals surface area contributed by atoms with E-state index < -0.39 is 0 Å². The van der Waals surface area contributed by atoms with Crippen LogP contribution in [0.4, 0.5) is 0 Å². The summed E-state index contributed by atoms with van der Waals surface area (Å²) in [6.07, 6.45) is 8.78. The number of hydrogen-bond acceptors (Lipinski definition) is 2. The molecule has 0 unspecified atom stereocenters. The van der Waals surface area contributed by atoms with E-state index in [1.807, 2.05) is 19.3 Å². The minimum absolute atomic E-state index is 0. The van der Waals surface area contributed by atoms with Crippen LogP contribution in [0, 0.1) is 6.92 Å². The number of aryl methyl sites for hydroxylation is 1. The van der Waals surface area contributed by atoms with Crippen LogP contribution in [0.3, 0.4) is 0 Å². The molecule has 0 bridgehead atoms. The number of halogens is 1. The number of hydrogen-bond donors (Lipinski definition) is 1. The van der Waals surface area contributed by atoms with Gasteiger partial charge in [-0.3, -0.25) is 4.98 Å². The van der Waals surface area contributed by atoms with Crippen molar-refractivity contribution in [2.24, 2.45) is 10.7 Å². The first kappa shape index (κ1) is 16.2. The van der Waals surface area contributed by atoms with Crippen molar-refractivity contribution in [2.75, 3.05) is 13.1 Å². The summed E-state index contributed by atoms with van der Waals surface area (Å²) in [6, 6.07) is 2.10. The maximum atomic E-state index is 6.06. The van der Waals surface area contributed by atoms with Gasteiger partial charge in [-0.2, -0.15) is 0 Å². The van der Waals surface area contributed by atoms with Crippen LogP contribution in [-0.2, 0) is 6.54 Å². The summed E-state index contributed by atoms with van der Waals surface area (Å²) in [7, 11) is 0. The quantitative estimate of drug-likeness (QED) is 0.492. The van der Waals surface area contributed by atoms with Crippen LogP contribution in [0.2, 0.25) is 0 Å². The van der Waals surface area contributed by atoms with Gasteiger partial charge in [0, 0.05) is 25.5 Å². The Kier molecular flexibility index (Phi) is 7.12. The standard InChI is InChI=1S/C14H22N4.HI/c1-12-8-13(10-16-9-12)11-17-14(15)18-6-4-2-3-5-7-18;/h8-10H,2-7,11H2,1H3,(H2,15,17);1H. The molecule has 4 nitrogen and oxygen atoms in total. The van der Waals surface area contributed by atoms with Gasteiger partial charge >= 0.3 is 0 Å². The molecule has 2 N–H and O–H groups in total. The molecule has 19 heavy (non-hydrogen) atoms. The van der Waals surface area contributed by atoms with Gasteiger partial charge in [-0.05, 0) is 30.9 Å². The lowest BCUT2D eigenvalue weighted by atomic mass is 10.2. The Balaban J connectivity index is 0.00000180. The lowest BCUT2D eigenvalue weighted by molar-refractivity contribution is 0.428. The van der Waals surface area contributed by atoms with Crippen LogP contribution in [0.15, 0.2) is 23.5 Å². The second-order valence-corrected chi connectivity index (χ2v) is 4.95. The molecule has 0 saturated carbocycles. The minimum atomic E-state index is 0. The lowest BCUT2D eigenvalue weighted by Gasteiger charge is -2.21. The molecule has 0 radical (unpaired) electrons. The van der Waals surface area contributed by atoms with E-state index >= 15 is 0 Å². The van der Waals surface area contributed by atoms with Gasteiger partial charge in [-0.1, -0.05) is 18.9 Å². The van der Waals surface area contributed by atoms with E-state index in [1.54, 1.807) is 0 Å². The zero-order valence-electron chi connectivity index (χ0n) is 11.5. The van der Waals surface area contributed by atoms with Gasteiger partial charge in [0.1, 0.15) is 0 Å². The molecule has 106 valence electrons. The van der Waals surface area contributed by atoms with E-state index in [4.69, 9.17) is 5.73 Å². The molecule has 1 aliphatic rings. The molecule has 0 aliphatic carbocycles. The Morgan fingerprint density at radius 1 is 1.26 bits per heavy atom. The zero-order chi connectivity index (χ0) is 12.8. The van der Waals surface area contributed by atoms with Crippen LogP contribution < -0.4 is 5.73 Å². The van der Waals surface area contributed by atoms with E-state index in [2.05, 4.69) is 20.9 Å². The Bertz CT molecular complexity index is 412. The van der Waals surface area contributed by atoms with Crippen molar-refractivity contribution in [2.45, 2.75) is 39.2 Å².